The van der Waals surface area contributed by atoms with Gasteiger partial charge in [-0.05, 0) is 16.6 Å². The van der Waals surface area contributed by atoms with Crippen LogP contribution in [-0.4, -0.2) is 15.4 Å². The lowest BCUT2D eigenvalue weighted by Crippen LogP contribution is -2.53. The lowest BCUT2D eigenvalue weighted by molar-refractivity contribution is 0.289. The van der Waals surface area contributed by atoms with E-state index in [1.165, 1.54) is 96.3 Å². The molecule has 3 fully saturated rings. The van der Waals surface area contributed by atoms with E-state index in [4.69, 9.17) is 4.43 Å². The maximum absolute atomic E-state index is 6.70. The minimum Gasteiger partial charge on any atom is -0.419 e. The molecule has 21 heavy (non-hydrogen) atoms. The molecule has 0 N–H and O–H groups in total. The SMILES string of the molecule is CO[Si](C1CCCCC1)(C1CCCCC1)C1CCCCC1. The first-order chi connectivity index (χ1) is 10.4. The van der Waals surface area contributed by atoms with Crippen molar-refractivity contribution in [3.8, 4) is 0 Å². The zero-order chi connectivity index (χ0) is 14.5. The quantitative estimate of drug-likeness (QED) is 0.533. The molecule has 0 heterocycles. The first kappa shape index (κ1) is 16.0. The summed E-state index contributed by atoms with van der Waals surface area (Å²) in [6.07, 6.45) is 22.4. The zero-order valence-electron chi connectivity index (χ0n) is 14.2. The van der Waals surface area contributed by atoms with Gasteiger partial charge < -0.3 is 4.43 Å². The Balaban J connectivity index is 1.85. The molecule has 2 heteroatoms. The molecular formula is C19H36OSi. The van der Waals surface area contributed by atoms with Crippen molar-refractivity contribution < 1.29 is 4.43 Å². The largest absolute Gasteiger partial charge is 0.419 e. The van der Waals surface area contributed by atoms with Gasteiger partial charge in [-0.15, -0.1) is 0 Å². The van der Waals surface area contributed by atoms with Crippen LogP contribution in [0.4, 0.5) is 0 Å². The molecule has 0 amide bonds. The van der Waals surface area contributed by atoms with Gasteiger partial charge in [0.15, 0.2) is 0 Å². The second-order valence-electron chi connectivity index (χ2n) is 8.06. The molecule has 0 aromatic carbocycles. The van der Waals surface area contributed by atoms with E-state index in [0.29, 0.717) is 0 Å². The third kappa shape index (κ3) is 3.27. The predicted molar refractivity (Wildman–Crippen MR) is 93.3 cm³/mol. The summed E-state index contributed by atoms with van der Waals surface area (Å²) in [5.41, 5.74) is 3.01. The Labute approximate surface area is 133 Å². The Morgan fingerprint density at radius 3 is 1.05 bits per heavy atom. The van der Waals surface area contributed by atoms with E-state index < -0.39 is 8.32 Å². The van der Waals surface area contributed by atoms with E-state index in [9.17, 15) is 0 Å². The monoisotopic (exact) mass is 308 g/mol. The van der Waals surface area contributed by atoms with Crippen molar-refractivity contribution in [2.75, 3.05) is 7.11 Å². The van der Waals surface area contributed by atoms with E-state index in [2.05, 4.69) is 7.11 Å². The topological polar surface area (TPSA) is 9.23 Å². The molecule has 3 aliphatic carbocycles. The minimum atomic E-state index is -1.57. The summed E-state index contributed by atoms with van der Waals surface area (Å²) in [5.74, 6) is 0. The molecule has 0 atom stereocenters. The van der Waals surface area contributed by atoms with Crippen LogP contribution in [0.5, 0.6) is 0 Å². The van der Waals surface area contributed by atoms with Crippen molar-refractivity contribution in [1.82, 2.24) is 0 Å². The first-order valence-corrected chi connectivity index (χ1v) is 12.1. The van der Waals surface area contributed by atoms with Gasteiger partial charge in [-0.3, -0.25) is 0 Å². The van der Waals surface area contributed by atoms with Gasteiger partial charge in [-0.25, -0.2) is 0 Å². The molecule has 0 saturated heterocycles. The molecular weight excluding hydrogens is 272 g/mol. The summed E-state index contributed by atoms with van der Waals surface area (Å²) in [7, 11) is 0.562. The fourth-order valence-corrected chi connectivity index (χ4v) is 13.1. The highest BCUT2D eigenvalue weighted by Crippen LogP contribution is 2.56. The second kappa shape index (κ2) is 7.63. The highest BCUT2D eigenvalue weighted by atomic mass is 28.4. The van der Waals surface area contributed by atoms with Crippen LogP contribution in [0.25, 0.3) is 0 Å². The lowest BCUT2D eigenvalue weighted by atomic mass is 9.98. The molecule has 0 bridgehead atoms. The third-order valence-electron chi connectivity index (χ3n) is 7.08. The molecule has 3 saturated carbocycles. The van der Waals surface area contributed by atoms with Gasteiger partial charge in [0.2, 0.25) is 8.32 Å². The lowest BCUT2D eigenvalue weighted by Gasteiger charge is -2.51. The molecule has 3 aliphatic rings. The van der Waals surface area contributed by atoms with Crippen molar-refractivity contribution in [1.29, 1.82) is 0 Å². The van der Waals surface area contributed by atoms with Crippen molar-refractivity contribution >= 4 is 8.32 Å². The van der Waals surface area contributed by atoms with Gasteiger partial charge >= 0.3 is 0 Å². The van der Waals surface area contributed by atoms with Crippen LogP contribution in [0.15, 0.2) is 0 Å². The van der Waals surface area contributed by atoms with Crippen molar-refractivity contribution in [3.63, 3.8) is 0 Å². The van der Waals surface area contributed by atoms with Crippen molar-refractivity contribution in [2.24, 2.45) is 0 Å². The normalized spacial score (nSPS) is 27.9. The van der Waals surface area contributed by atoms with E-state index in [1.54, 1.807) is 0 Å². The smallest absolute Gasteiger partial charge is 0.201 e. The summed E-state index contributed by atoms with van der Waals surface area (Å²) >= 11 is 0. The van der Waals surface area contributed by atoms with Gasteiger partial charge in [0, 0.05) is 7.11 Å². The maximum Gasteiger partial charge on any atom is 0.201 e. The molecule has 0 aromatic rings. The molecule has 0 radical (unpaired) electrons. The van der Waals surface area contributed by atoms with Crippen molar-refractivity contribution in [3.05, 3.63) is 0 Å². The number of hydrogen-bond acceptors (Lipinski definition) is 1. The number of hydrogen-bond donors (Lipinski definition) is 0. The standard InChI is InChI=1S/C19H36OSi/c1-20-21(17-11-5-2-6-12-17,18-13-7-3-8-14-18)19-15-9-4-10-16-19/h17-19H,2-16H2,1H3. The van der Waals surface area contributed by atoms with Gasteiger partial charge in [0.25, 0.3) is 0 Å². The Kier molecular flexibility index (Phi) is 5.83. The Hall–Kier alpha value is 0.177. The molecule has 122 valence electrons. The maximum atomic E-state index is 6.70. The average molecular weight is 309 g/mol. The van der Waals surface area contributed by atoms with Crippen LogP contribution in [0.3, 0.4) is 0 Å². The molecule has 0 spiro atoms. The van der Waals surface area contributed by atoms with Crippen molar-refractivity contribution in [2.45, 2.75) is 113 Å². The zero-order valence-corrected chi connectivity index (χ0v) is 15.2. The van der Waals surface area contributed by atoms with Crippen LogP contribution >= 0.6 is 0 Å². The van der Waals surface area contributed by atoms with Crippen LogP contribution < -0.4 is 0 Å². The Bertz CT molecular complexity index is 253. The predicted octanol–water partition coefficient (Wildman–Crippen LogP) is 6.58. The van der Waals surface area contributed by atoms with Crippen LogP contribution in [0.1, 0.15) is 96.3 Å². The van der Waals surface area contributed by atoms with Crippen LogP contribution in [0, 0.1) is 0 Å². The number of rotatable bonds is 4. The Morgan fingerprint density at radius 1 is 0.524 bits per heavy atom. The summed E-state index contributed by atoms with van der Waals surface area (Å²) < 4.78 is 6.70. The summed E-state index contributed by atoms with van der Waals surface area (Å²) in [5, 5.41) is 0. The van der Waals surface area contributed by atoms with Gasteiger partial charge in [0.1, 0.15) is 0 Å². The minimum absolute atomic E-state index is 1.00. The molecule has 0 aromatic heterocycles. The van der Waals surface area contributed by atoms with Crippen LogP contribution in [-0.2, 0) is 4.43 Å². The third-order valence-corrected chi connectivity index (χ3v) is 13.4. The van der Waals surface area contributed by atoms with E-state index in [-0.39, 0.29) is 0 Å². The fourth-order valence-electron chi connectivity index (χ4n) is 6.16. The highest BCUT2D eigenvalue weighted by molar-refractivity contribution is 6.78. The van der Waals surface area contributed by atoms with Crippen LogP contribution in [0.2, 0.25) is 16.6 Å². The molecule has 3 rings (SSSR count). The summed E-state index contributed by atoms with van der Waals surface area (Å²) in [6, 6.07) is 0. The van der Waals surface area contributed by atoms with Gasteiger partial charge in [-0.1, -0.05) is 96.3 Å². The second-order valence-corrected chi connectivity index (χ2v) is 12.6. The summed E-state index contributed by atoms with van der Waals surface area (Å²) in [6.45, 7) is 0. The first-order valence-electron chi connectivity index (χ1n) is 9.93. The molecule has 0 unspecified atom stereocenters. The highest BCUT2D eigenvalue weighted by Gasteiger charge is 2.53. The van der Waals surface area contributed by atoms with Gasteiger partial charge in [-0.2, -0.15) is 0 Å². The summed E-state index contributed by atoms with van der Waals surface area (Å²) in [4.78, 5) is 0. The Morgan fingerprint density at radius 2 is 0.810 bits per heavy atom. The van der Waals surface area contributed by atoms with E-state index in [0.717, 1.165) is 16.6 Å². The average Bonchev–Trinajstić information content (AvgIpc) is 2.59. The molecule has 0 aliphatic heterocycles. The van der Waals surface area contributed by atoms with E-state index >= 15 is 0 Å². The van der Waals surface area contributed by atoms with Gasteiger partial charge in [0.05, 0.1) is 0 Å². The molecule has 1 nitrogen and oxygen atoms in total. The van der Waals surface area contributed by atoms with E-state index in [1.807, 2.05) is 0 Å². The fraction of sp³-hybridized carbons (Fsp3) is 1.00.